The maximum Gasteiger partial charge on any atom is 0.337 e. The summed E-state index contributed by atoms with van der Waals surface area (Å²) in [6.07, 6.45) is 1.32. The van der Waals surface area contributed by atoms with Crippen LogP contribution in [0.2, 0.25) is 0 Å². The first-order chi connectivity index (χ1) is 12.4. The van der Waals surface area contributed by atoms with Gasteiger partial charge in [0.15, 0.2) is 0 Å². The van der Waals surface area contributed by atoms with E-state index in [-0.39, 0.29) is 34.1 Å². The molecule has 0 saturated carbocycles. The van der Waals surface area contributed by atoms with Crippen LogP contribution in [-0.4, -0.2) is 40.8 Å². The highest BCUT2D eigenvalue weighted by atomic mass is 32.2. The molecule has 2 rings (SSSR count). The summed E-state index contributed by atoms with van der Waals surface area (Å²) < 4.78 is 4.53. The topological polar surface area (TPSA) is 129 Å². The summed E-state index contributed by atoms with van der Waals surface area (Å²) in [6, 6.07) is 8.87. The molecule has 0 aliphatic rings. The number of carbonyl (C=O) groups excluding carboxylic acids is 2. The number of anilines is 1. The van der Waals surface area contributed by atoms with Crippen molar-refractivity contribution in [1.29, 1.82) is 5.26 Å². The molecule has 0 atom stereocenters. The number of nitrogens with one attached hydrogen (secondary N) is 1. The zero-order valence-corrected chi connectivity index (χ0v) is 14.4. The van der Waals surface area contributed by atoms with E-state index in [2.05, 4.69) is 15.0 Å². The molecule has 1 aromatic heterocycles. The van der Waals surface area contributed by atoms with Crippen LogP contribution in [0.25, 0.3) is 0 Å². The molecule has 8 nitrogen and oxygen atoms in total. The number of nitrogens with zero attached hydrogens (tertiary/aromatic N) is 2. The van der Waals surface area contributed by atoms with Crippen LogP contribution in [0.3, 0.4) is 0 Å². The molecule has 1 amide bonds. The molecule has 0 aliphatic carbocycles. The smallest absolute Gasteiger partial charge is 0.337 e. The second-order valence-electron chi connectivity index (χ2n) is 4.88. The zero-order valence-electron chi connectivity index (χ0n) is 13.6. The molecule has 2 aromatic rings. The van der Waals surface area contributed by atoms with Gasteiger partial charge in [-0.2, -0.15) is 5.26 Å². The summed E-state index contributed by atoms with van der Waals surface area (Å²) in [7, 11) is 1.29. The van der Waals surface area contributed by atoms with Crippen molar-refractivity contribution in [2.75, 3.05) is 18.2 Å². The van der Waals surface area contributed by atoms with Crippen molar-refractivity contribution in [1.82, 2.24) is 4.98 Å². The third-order valence-electron chi connectivity index (χ3n) is 3.19. The molecule has 0 unspecified atom stereocenters. The molecule has 0 fully saturated rings. The number of benzene rings is 1. The molecule has 9 heteroatoms. The van der Waals surface area contributed by atoms with E-state index in [1.165, 1.54) is 37.6 Å². The molecule has 1 aromatic carbocycles. The van der Waals surface area contributed by atoms with E-state index in [4.69, 9.17) is 5.26 Å². The first-order valence-corrected chi connectivity index (χ1v) is 8.17. The fourth-order valence-electron chi connectivity index (χ4n) is 1.89. The second kappa shape index (κ2) is 8.64. The van der Waals surface area contributed by atoms with Crippen LogP contribution < -0.4 is 5.32 Å². The predicted molar refractivity (Wildman–Crippen MR) is 93.0 cm³/mol. The number of hydrogen-bond donors (Lipinski definition) is 2. The number of rotatable bonds is 6. The van der Waals surface area contributed by atoms with Gasteiger partial charge in [-0.05, 0) is 30.3 Å². The standard InChI is InChI=1S/C17H13N3O5S/c1-25-15(21)9-26-14-5-3-11(8-19-14)16(22)20-13-4-2-10(7-18)6-12(13)17(23)24/h2-6,8H,9H2,1H3,(H,20,22)(H,23,24). The fourth-order valence-corrected chi connectivity index (χ4v) is 2.56. The van der Waals surface area contributed by atoms with Gasteiger partial charge in [0, 0.05) is 6.20 Å². The number of esters is 1. The lowest BCUT2D eigenvalue weighted by Crippen LogP contribution is -2.15. The summed E-state index contributed by atoms with van der Waals surface area (Å²) in [4.78, 5) is 38.7. The normalized spacial score (nSPS) is 9.85. The quantitative estimate of drug-likeness (QED) is 0.584. The minimum Gasteiger partial charge on any atom is -0.478 e. The number of hydrogen-bond acceptors (Lipinski definition) is 7. The second-order valence-corrected chi connectivity index (χ2v) is 5.88. The van der Waals surface area contributed by atoms with E-state index in [0.717, 1.165) is 11.8 Å². The molecule has 1 heterocycles. The first kappa shape index (κ1) is 19.0. The Morgan fingerprint density at radius 1 is 1.31 bits per heavy atom. The lowest BCUT2D eigenvalue weighted by molar-refractivity contribution is -0.137. The maximum absolute atomic E-state index is 12.3. The highest BCUT2D eigenvalue weighted by Crippen LogP contribution is 2.20. The van der Waals surface area contributed by atoms with E-state index >= 15 is 0 Å². The van der Waals surface area contributed by atoms with Crippen molar-refractivity contribution in [2.45, 2.75) is 5.03 Å². The van der Waals surface area contributed by atoms with Gasteiger partial charge in [0.25, 0.3) is 5.91 Å². The Balaban J connectivity index is 2.12. The van der Waals surface area contributed by atoms with Gasteiger partial charge in [-0.25, -0.2) is 9.78 Å². The monoisotopic (exact) mass is 371 g/mol. The number of aromatic nitrogens is 1. The number of pyridine rings is 1. The van der Waals surface area contributed by atoms with Gasteiger partial charge in [0.05, 0.1) is 46.3 Å². The van der Waals surface area contributed by atoms with Crippen LogP contribution in [0.1, 0.15) is 26.3 Å². The maximum atomic E-state index is 12.3. The lowest BCUT2D eigenvalue weighted by Gasteiger charge is -2.09. The number of carboxylic acids is 1. The van der Waals surface area contributed by atoms with E-state index in [1.54, 1.807) is 6.07 Å². The molecular formula is C17H13N3O5S. The van der Waals surface area contributed by atoms with Gasteiger partial charge in [-0.15, -0.1) is 0 Å². The van der Waals surface area contributed by atoms with E-state index in [1.807, 2.05) is 6.07 Å². The Bertz CT molecular complexity index is 890. The third-order valence-corrected chi connectivity index (χ3v) is 4.11. The number of aromatic carboxylic acids is 1. The molecular weight excluding hydrogens is 358 g/mol. The van der Waals surface area contributed by atoms with Gasteiger partial charge in [0.1, 0.15) is 0 Å². The molecule has 0 saturated heterocycles. The van der Waals surface area contributed by atoms with Crippen LogP contribution in [0.4, 0.5) is 5.69 Å². The average molecular weight is 371 g/mol. The molecule has 26 heavy (non-hydrogen) atoms. The number of nitriles is 1. The van der Waals surface area contributed by atoms with Gasteiger partial charge in [-0.3, -0.25) is 9.59 Å². The van der Waals surface area contributed by atoms with Crippen LogP contribution in [0.5, 0.6) is 0 Å². The van der Waals surface area contributed by atoms with Crippen molar-refractivity contribution in [3.63, 3.8) is 0 Å². The molecule has 0 spiro atoms. The zero-order chi connectivity index (χ0) is 19.1. The summed E-state index contributed by atoms with van der Waals surface area (Å²) in [6.45, 7) is 0. The molecule has 0 aliphatic heterocycles. The number of thioether (sulfide) groups is 1. The lowest BCUT2D eigenvalue weighted by atomic mass is 10.1. The number of carbonyl (C=O) groups is 3. The summed E-state index contributed by atoms with van der Waals surface area (Å²) in [5.74, 6) is -2.10. The highest BCUT2D eigenvalue weighted by Gasteiger charge is 2.15. The van der Waals surface area contributed by atoms with Gasteiger partial charge >= 0.3 is 11.9 Å². The Hall–Kier alpha value is -3.38. The first-order valence-electron chi connectivity index (χ1n) is 7.19. The van der Waals surface area contributed by atoms with Crippen LogP contribution in [-0.2, 0) is 9.53 Å². The van der Waals surface area contributed by atoms with Crippen LogP contribution in [0.15, 0.2) is 41.6 Å². The molecule has 2 N–H and O–H groups in total. The predicted octanol–water partition coefficient (Wildman–Crippen LogP) is 2.17. The number of carboxylic acid groups (broad SMARTS) is 1. The van der Waals surface area contributed by atoms with Crippen molar-refractivity contribution in [3.05, 3.63) is 53.2 Å². The van der Waals surface area contributed by atoms with Crippen molar-refractivity contribution < 1.29 is 24.2 Å². The number of ether oxygens (including phenoxy) is 1. The van der Waals surface area contributed by atoms with E-state index in [9.17, 15) is 19.5 Å². The molecule has 0 bridgehead atoms. The minimum atomic E-state index is -1.26. The van der Waals surface area contributed by atoms with E-state index in [0.29, 0.717) is 5.03 Å². The van der Waals surface area contributed by atoms with Gasteiger partial charge in [0.2, 0.25) is 0 Å². The Kier molecular flexibility index (Phi) is 6.30. The summed E-state index contributed by atoms with van der Waals surface area (Å²) >= 11 is 1.16. The summed E-state index contributed by atoms with van der Waals surface area (Å²) in [5, 5.41) is 21.1. The van der Waals surface area contributed by atoms with Crippen molar-refractivity contribution in [3.8, 4) is 6.07 Å². The number of amides is 1. The SMILES string of the molecule is COC(=O)CSc1ccc(C(=O)Nc2ccc(C#N)cc2C(=O)O)cn1. The van der Waals surface area contributed by atoms with Crippen molar-refractivity contribution in [2.24, 2.45) is 0 Å². The van der Waals surface area contributed by atoms with Crippen LogP contribution in [0, 0.1) is 11.3 Å². The van der Waals surface area contributed by atoms with E-state index < -0.39 is 11.9 Å². The third kappa shape index (κ3) is 4.81. The molecule has 132 valence electrons. The number of methoxy groups -OCH3 is 1. The summed E-state index contributed by atoms with van der Waals surface area (Å²) in [5.41, 5.74) is 0.281. The largest absolute Gasteiger partial charge is 0.478 e. The molecule has 0 radical (unpaired) electrons. The Morgan fingerprint density at radius 3 is 2.65 bits per heavy atom. The van der Waals surface area contributed by atoms with Gasteiger partial charge in [-0.1, -0.05) is 11.8 Å². The Labute approximate surface area is 152 Å². The van der Waals surface area contributed by atoms with Crippen LogP contribution >= 0.6 is 11.8 Å². The Morgan fingerprint density at radius 2 is 2.08 bits per heavy atom. The fraction of sp³-hybridized carbons (Fsp3) is 0.118. The van der Waals surface area contributed by atoms with Gasteiger partial charge < -0.3 is 15.2 Å². The average Bonchev–Trinajstić information content (AvgIpc) is 2.66. The minimum absolute atomic E-state index is 0.0747. The highest BCUT2D eigenvalue weighted by molar-refractivity contribution is 7.99. The van der Waals surface area contributed by atoms with Crippen molar-refractivity contribution >= 4 is 35.3 Å².